The van der Waals surface area contributed by atoms with Crippen molar-refractivity contribution in [3.63, 3.8) is 0 Å². The van der Waals surface area contributed by atoms with Crippen LogP contribution in [0, 0.1) is 28.9 Å². The van der Waals surface area contributed by atoms with E-state index < -0.39 is 17.7 Å². The summed E-state index contributed by atoms with van der Waals surface area (Å²) < 4.78 is 39.1. The number of aromatic nitrogens is 1. The molecule has 9 heteroatoms. The molecule has 7 nitrogen and oxygen atoms in total. The number of carbonyl (C=O) groups is 1. The Morgan fingerprint density at radius 2 is 2.00 bits per heavy atom. The van der Waals surface area contributed by atoms with E-state index in [0.29, 0.717) is 17.1 Å². The van der Waals surface area contributed by atoms with Crippen LogP contribution in [-0.2, 0) is 0 Å². The van der Waals surface area contributed by atoms with Gasteiger partial charge in [0.1, 0.15) is 23.1 Å². The van der Waals surface area contributed by atoms with Gasteiger partial charge < -0.3 is 14.8 Å². The summed E-state index contributed by atoms with van der Waals surface area (Å²) in [6, 6.07) is 13.2. The van der Waals surface area contributed by atoms with Gasteiger partial charge in [-0.05, 0) is 42.5 Å². The molecule has 1 fully saturated rings. The number of fused-ring (bicyclic) bond motifs is 3. The van der Waals surface area contributed by atoms with Crippen LogP contribution in [0.4, 0.5) is 19.4 Å². The second-order valence-corrected chi connectivity index (χ2v) is 7.52. The van der Waals surface area contributed by atoms with Gasteiger partial charge in [-0.3, -0.25) is 5.32 Å². The molecule has 0 spiro atoms. The van der Waals surface area contributed by atoms with Gasteiger partial charge >= 0.3 is 6.03 Å². The zero-order valence-electron chi connectivity index (χ0n) is 16.5. The van der Waals surface area contributed by atoms with Crippen molar-refractivity contribution in [3.8, 4) is 23.3 Å². The number of hydrogen-bond acceptors (Lipinski definition) is 5. The fraction of sp³-hybridized carbons (Fsp3) is 0.174. The number of ether oxygens (including phenoxy) is 2. The normalized spacial score (nSPS) is 20.1. The van der Waals surface area contributed by atoms with Crippen LogP contribution in [0.1, 0.15) is 17.0 Å². The summed E-state index contributed by atoms with van der Waals surface area (Å²) in [5, 5.41) is 14.3. The molecule has 2 N–H and O–H groups in total. The number of carbonyl (C=O) groups excluding carboxylic acids is 1. The van der Waals surface area contributed by atoms with Crippen LogP contribution in [0.15, 0.2) is 54.7 Å². The maximum atomic E-state index is 14.2. The third-order valence-electron chi connectivity index (χ3n) is 5.49. The number of hydrogen-bond donors (Lipinski definition) is 2. The number of halogens is 2. The van der Waals surface area contributed by atoms with E-state index >= 15 is 0 Å². The van der Waals surface area contributed by atoms with Gasteiger partial charge in [0.05, 0.1) is 24.4 Å². The van der Waals surface area contributed by atoms with Crippen LogP contribution in [0.25, 0.3) is 0 Å². The summed E-state index contributed by atoms with van der Waals surface area (Å²) in [5.74, 6) is -0.450. The Labute approximate surface area is 181 Å². The first-order valence-corrected chi connectivity index (χ1v) is 9.86. The van der Waals surface area contributed by atoms with Crippen LogP contribution in [0.5, 0.6) is 17.2 Å². The highest BCUT2D eigenvalue weighted by Crippen LogP contribution is 2.55. The Hall–Kier alpha value is -4.19. The SMILES string of the molecule is N#Cc1cccc(Oc2ccc(NC(=O)N[C@@H]3[C@@H]4COc5c(F)ccc(F)c5[C@@H]43)nc2)c1. The van der Waals surface area contributed by atoms with Crippen molar-refractivity contribution in [2.45, 2.75) is 12.0 Å². The molecule has 3 atom stereocenters. The fourth-order valence-corrected chi connectivity index (χ4v) is 3.94. The van der Waals surface area contributed by atoms with E-state index in [2.05, 4.69) is 15.6 Å². The fourth-order valence-electron chi connectivity index (χ4n) is 3.94. The van der Waals surface area contributed by atoms with Crippen molar-refractivity contribution in [1.82, 2.24) is 10.3 Å². The van der Waals surface area contributed by atoms with Crippen LogP contribution in [-0.4, -0.2) is 23.7 Å². The van der Waals surface area contributed by atoms with E-state index in [1.807, 2.05) is 6.07 Å². The topological polar surface area (TPSA) is 96.3 Å². The predicted octanol–water partition coefficient (Wildman–Crippen LogP) is 4.32. The molecule has 2 aromatic carbocycles. The first kappa shape index (κ1) is 19.8. The summed E-state index contributed by atoms with van der Waals surface area (Å²) in [4.78, 5) is 16.5. The summed E-state index contributed by atoms with van der Waals surface area (Å²) in [6.07, 6.45) is 1.44. The highest BCUT2D eigenvalue weighted by Gasteiger charge is 2.57. The van der Waals surface area contributed by atoms with E-state index in [9.17, 15) is 13.6 Å². The van der Waals surface area contributed by atoms with E-state index in [1.165, 1.54) is 6.20 Å². The number of nitriles is 1. The molecule has 32 heavy (non-hydrogen) atoms. The number of benzene rings is 2. The van der Waals surface area contributed by atoms with Crippen molar-refractivity contribution < 1.29 is 23.0 Å². The first-order chi connectivity index (χ1) is 15.5. The molecule has 1 aromatic heterocycles. The number of nitrogens with one attached hydrogen (secondary N) is 2. The van der Waals surface area contributed by atoms with Crippen molar-refractivity contribution in [2.24, 2.45) is 5.92 Å². The third-order valence-corrected chi connectivity index (χ3v) is 5.49. The van der Waals surface area contributed by atoms with Gasteiger partial charge in [0.25, 0.3) is 0 Å². The van der Waals surface area contributed by atoms with Crippen LogP contribution in [0.3, 0.4) is 0 Å². The largest absolute Gasteiger partial charge is 0.490 e. The molecule has 0 bridgehead atoms. The van der Waals surface area contributed by atoms with Gasteiger partial charge in [-0.15, -0.1) is 0 Å². The quantitative estimate of drug-likeness (QED) is 0.638. The van der Waals surface area contributed by atoms with Crippen LogP contribution in [0.2, 0.25) is 0 Å². The molecule has 2 amide bonds. The van der Waals surface area contributed by atoms with E-state index in [1.54, 1.807) is 36.4 Å². The molecule has 3 aromatic rings. The lowest BCUT2D eigenvalue weighted by Crippen LogP contribution is -2.32. The van der Waals surface area contributed by atoms with Gasteiger partial charge in [0.15, 0.2) is 11.6 Å². The molecule has 160 valence electrons. The third kappa shape index (κ3) is 3.67. The molecule has 0 radical (unpaired) electrons. The molecule has 2 aliphatic rings. The number of pyridine rings is 1. The van der Waals surface area contributed by atoms with Crippen molar-refractivity contribution in [2.75, 3.05) is 11.9 Å². The average molecular weight is 434 g/mol. The molecule has 1 saturated carbocycles. The summed E-state index contributed by atoms with van der Waals surface area (Å²) in [5.41, 5.74) is 0.647. The standard InChI is InChI=1S/C23H16F2N4O3/c24-16-5-6-17(25)22-20(16)19-15(11-31-22)21(19)29-23(30)28-18-7-4-14(10-27-18)32-13-3-1-2-12(8-13)9-26/h1-8,10,15,19,21H,11H2,(H2,27,28,29,30)/t15-,19-,21-/m1/s1. The van der Waals surface area contributed by atoms with Crippen molar-refractivity contribution in [3.05, 3.63) is 77.5 Å². The summed E-state index contributed by atoms with van der Waals surface area (Å²) in [6.45, 7) is 0.209. The van der Waals surface area contributed by atoms with Crippen molar-refractivity contribution in [1.29, 1.82) is 5.26 Å². The number of urea groups is 1. The predicted molar refractivity (Wildman–Crippen MR) is 109 cm³/mol. The number of anilines is 1. The zero-order valence-corrected chi connectivity index (χ0v) is 16.5. The highest BCUT2D eigenvalue weighted by atomic mass is 19.1. The lowest BCUT2D eigenvalue weighted by molar-refractivity contribution is 0.247. The van der Waals surface area contributed by atoms with E-state index in [-0.39, 0.29) is 41.6 Å². The number of nitrogens with zero attached hydrogens (tertiary/aromatic N) is 2. The maximum absolute atomic E-state index is 14.2. The van der Waals surface area contributed by atoms with Gasteiger partial charge in [-0.2, -0.15) is 5.26 Å². The maximum Gasteiger partial charge on any atom is 0.320 e. The summed E-state index contributed by atoms with van der Waals surface area (Å²) >= 11 is 0. The lowest BCUT2D eigenvalue weighted by Gasteiger charge is -2.16. The minimum atomic E-state index is -0.610. The Kier molecular flexibility index (Phi) is 4.82. The second-order valence-electron chi connectivity index (χ2n) is 7.52. The van der Waals surface area contributed by atoms with Crippen molar-refractivity contribution >= 4 is 11.8 Å². The second kappa shape index (κ2) is 7.81. The molecule has 1 aliphatic heterocycles. The Balaban J connectivity index is 1.20. The molecule has 5 rings (SSSR count). The Morgan fingerprint density at radius 1 is 1.16 bits per heavy atom. The highest BCUT2D eigenvalue weighted by molar-refractivity contribution is 5.89. The van der Waals surface area contributed by atoms with Gasteiger partial charge in [-0.1, -0.05) is 6.07 Å². The number of rotatable bonds is 4. The minimum absolute atomic E-state index is 0.0754. The summed E-state index contributed by atoms with van der Waals surface area (Å²) in [7, 11) is 0. The van der Waals surface area contributed by atoms with E-state index in [0.717, 1.165) is 12.1 Å². The zero-order chi connectivity index (χ0) is 22.2. The molecule has 0 saturated heterocycles. The van der Waals surface area contributed by atoms with Gasteiger partial charge in [0.2, 0.25) is 0 Å². The minimum Gasteiger partial charge on any atom is -0.490 e. The molecule has 0 unspecified atom stereocenters. The molecule has 1 aliphatic carbocycles. The Bertz CT molecular complexity index is 1240. The van der Waals surface area contributed by atoms with E-state index in [4.69, 9.17) is 14.7 Å². The smallest absolute Gasteiger partial charge is 0.320 e. The van der Waals surface area contributed by atoms with Crippen LogP contribution >= 0.6 is 0 Å². The first-order valence-electron chi connectivity index (χ1n) is 9.86. The van der Waals surface area contributed by atoms with Gasteiger partial charge in [0, 0.05) is 23.4 Å². The molecular weight excluding hydrogens is 418 g/mol. The lowest BCUT2D eigenvalue weighted by atomic mass is 10.0. The number of amides is 2. The average Bonchev–Trinajstić information content (AvgIpc) is 3.50. The molecular formula is C23H16F2N4O3. The van der Waals surface area contributed by atoms with Gasteiger partial charge in [-0.25, -0.2) is 18.6 Å². The Morgan fingerprint density at radius 3 is 2.78 bits per heavy atom. The molecule has 2 heterocycles. The van der Waals surface area contributed by atoms with Crippen LogP contribution < -0.4 is 20.1 Å². The monoisotopic (exact) mass is 434 g/mol.